The first-order valence-corrected chi connectivity index (χ1v) is 10.9. The largest absolute Gasteiger partial charge is 0.361 e. The van der Waals surface area contributed by atoms with Crippen molar-refractivity contribution >= 4 is 49.0 Å². The molecule has 0 spiro atoms. The Kier molecular flexibility index (Phi) is 5.03. The van der Waals surface area contributed by atoms with Crippen LogP contribution in [-0.2, 0) is 21.2 Å². The first-order chi connectivity index (χ1) is 13.9. The Hall–Kier alpha value is -3.24. The maximum atomic E-state index is 13.0. The lowest BCUT2D eigenvalue weighted by Crippen LogP contribution is -2.15. The van der Waals surface area contributed by atoms with Gasteiger partial charge in [-0.1, -0.05) is 0 Å². The molecule has 0 aliphatic rings. The number of amides is 1. The molecule has 0 radical (unpaired) electrons. The van der Waals surface area contributed by atoms with E-state index < -0.39 is 15.8 Å². The molecule has 4 aromatic rings. The van der Waals surface area contributed by atoms with Gasteiger partial charge in [0, 0.05) is 28.2 Å². The fourth-order valence-corrected chi connectivity index (χ4v) is 4.69. The number of rotatable bonds is 6. The summed E-state index contributed by atoms with van der Waals surface area (Å²) in [5, 5.41) is 5.52. The lowest BCUT2D eigenvalue weighted by Gasteiger charge is -2.05. The van der Waals surface area contributed by atoms with Crippen LogP contribution in [0.3, 0.4) is 0 Å². The number of halogens is 1. The molecule has 10 heteroatoms. The van der Waals surface area contributed by atoms with E-state index in [1.807, 2.05) is 24.4 Å². The molecule has 2 aromatic carbocycles. The van der Waals surface area contributed by atoms with E-state index in [4.69, 9.17) is 0 Å². The van der Waals surface area contributed by atoms with Crippen molar-refractivity contribution in [2.75, 3.05) is 10.0 Å². The summed E-state index contributed by atoms with van der Waals surface area (Å²) in [7, 11) is -3.88. The highest BCUT2D eigenvalue weighted by atomic mass is 32.2. The average Bonchev–Trinajstić information content (AvgIpc) is 3.30. The van der Waals surface area contributed by atoms with Gasteiger partial charge in [-0.2, -0.15) is 0 Å². The Morgan fingerprint density at radius 2 is 1.93 bits per heavy atom. The second-order valence-electron chi connectivity index (χ2n) is 6.21. The van der Waals surface area contributed by atoms with E-state index in [0.717, 1.165) is 34.4 Å². The van der Waals surface area contributed by atoms with Gasteiger partial charge in [0.1, 0.15) is 5.82 Å². The van der Waals surface area contributed by atoms with Gasteiger partial charge >= 0.3 is 0 Å². The summed E-state index contributed by atoms with van der Waals surface area (Å²) in [6, 6.07) is 11.9. The third kappa shape index (κ3) is 4.44. The minimum atomic E-state index is -3.88. The number of fused-ring (bicyclic) bond motifs is 1. The van der Waals surface area contributed by atoms with Crippen LogP contribution in [0.4, 0.5) is 15.2 Å². The zero-order valence-corrected chi connectivity index (χ0v) is 16.5. The molecular formula is C19H15FN4O3S2. The number of aromatic amines is 1. The van der Waals surface area contributed by atoms with Crippen molar-refractivity contribution in [1.82, 2.24) is 9.97 Å². The minimum Gasteiger partial charge on any atom is -0.361 e. The molecule has 0 atom stereocenters. The van der Waals surface area contributed by atoms with Gasteiger partial charge < -0.3 is 10.3 Å². The second kappa shape index (κ2) is 7.64. The molecule has 0 aliphatic carbocycles. The Bertz CT molecular complexity index is 1280. The monoisotopic (exact) mass is 430 g/mol. The Morgan fingerprint density at radius 3 is 2.72 bits per heavy atom. The number of sulfonamides is 1. The fourth-order valence-electron chi connectivity index (χ4n) is 2.72. The molecule has 0 saturated carbocycles. The normalized spacial score (nSPS) is 11.5. The van der Waals surface area contributed by atoms with Crippen molar-refractivity contribution in [2.45, 2.75) is 11.3 Å². The summed E-state index contributed by atoms with van der Waals surface area (Å²) < 4.78 is 40.0. The summed E-state index contributed by atoms with van der Waals surface area (Å²) in [6.45, 7) is 0. The third-order valence-corrected chi connectivity index (χ3v) is 6.37. The molecule has 4 rings (SSSR count). The van der Waals surface area contributed by atoms with Crippen molar-refractivity contribution in [3.8, 4) is 0 Å². The molecule has 7 nitrogen and oxygen atoms in total. The Morgan fingerprint density at radius 1 is 1.14 bits per heavy atom. The summed E-state index contributed by atoms with van der Waals surface area (Å²) >= 11 is 1.07. The number of hydrogen-bond donors (Lipinski definition) is 3. The molecule has 148 valence electrons. The molecule has 29 heavy (non-hydrogen) atoms. The van der Waals surface area contributed by atoms with E-state index >= 15 is 0 Å². The molecule has 0 bridgehead atoms. The summed E-state index contributed by atoms with van der Waals surface area (Å²) in [6.07, 6.45) is 1.82. The van der Waals surface area contributed by atoms with E-state index in [2.05, 4.69) is 20.0 Å². The van der Waals surface area contributed by atoms with Crippen LogP contribution in [0, 0.1) is 5.82 Å². The number of thiazole rings is 1. The van der Waals surface area contributed by atoms with Gasteiger partial charge in [0.25, 0.3) is 10.0 Å². The Balaban J connectivity index is 1.40. The quantitative estimate of drug-likeness (QED) is 0.433. The first kappa shape index (κ1) is 19.1. The molecular weight excluding hydrogens is 415 g/mol. The number of benzene rings is 2. The van der Waals surface area contributed by atoms with E-state index in [1.165, 1.54) is 12.1 Å². The number of hydrogen-bond acceptors (Lipinski definition) is 5. The highest BCUT2D eigenvalue weighted by Gasteiger charge is 2.17. The van der Waals surface area contributed by atoms with E-state index in [-0.39, 0.29) is 22.4 Å². The van der Waals surface area contributed by atoms with Gasteiger partial charge in [-0.3, -0.25) is 9.52 Å². The molecule has 0 aliphatic heterocycles. The smallest absolute Gasteiger partial charge is 0.263 e. The maximum absolute atomic E-state index is 13.0. The maximum Gasteiger partial charge on any atom is 0.263 e. The summed E-state index contributed by atoms with van der Waals surface area (Å²) in [4.78, 5) is 19.4. The minimum absolute atomic E-state index is 0.0000497. The van der Waals surface area contributed by atoms with Crippen molar-refractivity contribution in [3.63, 3.8) is 0 Å². The lowest BCUT2D eigenvalue weighted by molar-refractivity contribution is -0.115. The first-order valence-electron chi connectivity index (χ1n) is 8.49. The highest BCUT2D eigenvalue weighted by molar-refractivity contribution is 7.93. The number of carbonyl (C=O) groups excluding carboxylic acids is 1. The molecule has 0 fully saturated rings. The van der Waals surface area contributed by atoms with Crippen molar-refractivity contribution in [3.05, 3.63) is 71.6 Å². The topological polar surface area (TPSA) is 104 Å². The van der Waals surface area contributed by atoms with Gasteiger partial charge in [-0.05, 0) is 48.5 Å². The SMILES string of the molecule is O=C(Cc1csc(NS(=O)(=O)c2ccc(F)cc2)n1)Nc1ccc2[nH]ccc2c1. The number of anilines is 2. The van der Waals surface area contributed by atoms with Crippen LogP contribution in [0.15, 0.2) is 65.0 Å². The molecule has 0 saturated heterocycles. The number of carbonyl (C=O) groups is 1. The van der Waals surface area contributed by atoms with Crippen LogP contribution in [0.2, 0.25) is 0 Å². The van der Waals surface area contributed by atoms with Gasteiger partial charge in [0.15, 0.2) is 5.13 Å². The standard InChI is InChI=1S/C19H15FN4O3S2/c20-13-1-4-16(5-2-13)29(26,27)24-19-23-15(11-28-19)10-18(25)22-14-3-6-17-12(9-14)7-8-21-17/h1-9,11,21H,10H2,(H,22,25)(H,23,24). The van der Waals surface area contributed by atoms with Crippen LogP contribution in [0.25, 0.3) is 10.9 Å². The number of aromatic nitrogens is 2. The zero-order valence-electron chi connectivity index (χ0n) is 14.8. The van der Waals surface area contributed by atoms with Gasteiger partial charge in [0.2, 0.25) is 5.91 Å². The van der Waals surface area contributed by atoms with Gasteiger partial charge in [-0.15, -0.1) is 11.3 Å². The van der Waals surface area contributed by atoms with Crippen molar-refractivity contribution in [2.24, 2.45) is 0 Å². The summed E-state index contributed by atoms with van der Waals surface area (Å²) in [5.41, 5.74) is 2.07. The Labute approximate surface area is 169 Å². The van der Waals surface area contributed by atoms with Crippen molar-refractivity contribution in [1.29, 1.82) is 0 Å². The van der Waals surface area contributed by atoms with Gasteiger partial charge in [0.05, 0.1) is 17.0 Å². The number of nitrogens with zero attached hydrogens (tertiary/aromatic N) is 1. The lowest BCUT2D eigenvalue weighted by atomic mass is 10.2. The molecule has 2 aromatic heterocycles. The van der Waals surface area contributed by atoms with Crippen LogP contribution in [0.1, 0.15) is 5.69 Å². The van der Waals surface area contributed by atoms with Crippen LogP contribution >= 0.6 is 11.3 Å². The van der Waals surface area contributed by atoms with Crippen LogP contribution < -0.4 is 10.0 Å². The molecule has 1 amide bonds. The number of nitrogens with one attached hydrogen (secondary N) is 3. The number of H-pyrrole nitrogens is 1. The summed E-state index contributed by atoms with van der Waals surface area (Å²) in [5.74, 6) is -0.791. The third-order valence-electron chi connectivity index (χ3n) is 4.08. The molecule has 2 heterocycles. The average molecular weight is 430 g/mol. The van der Waals surface area contributed by atoms with E-state index in [9.17, 15) is 17.6 Å². The van der Waals surface area contributed by atoms with Crippen LogP contribution in [-0.4, -0.2) is 24.3 Å². The predicted molar refractivity (Wildman–Crippen MR) is 110 cm³/mol. The molecule has 3 N–H and O–H groups in total. The van der Waals surface area contributed by atoms with Crippen LogP contribution in [0.5, 0.6) is 0 Å². The van der Waals surface area contributed by atoms with E-state index in [1.54, 1.807) is 11.4 Å². The zero-order chi connectivity index (χ0) is 20.4. The van der Waals surface area contributed by atoms with Gasteiger partial charge in [-0.25, -0.2) is 17.8 Å². The highest BCUT2D eigenvalue weighted by Crippen LogP contribution is 2.22. The fraction of sp³-hybridized carbons (Fsp3) is 0.0526. The predicted octanol–water partition coefficient (Wildman–Crippen LogP) is 3.75. The van der Waals surface area contributed by atoms with Crippen molar-refractivity contribution < 1.29 is 17.6 Å². The van der Waals surface area contributed by atoms with E-state index in [0.29, 0.717) is 11.4 Å². The second-order valence-corrected chi connectivity index (χ2v) is 8.75. The molecule has 0 unspecified atom stereocenters.